The van der Waals surface area contributed by atoms with E-state index in [9.17, 15) is 13.6 Å². The van der Waals surface area contributed by atoms with Crippen LogP contribution in [0.25, 0.3) is 5.69 Å². The second-order valence-electron chi connectivity index (χ2n) is 11.6. The van der Waals surface area contributed by atoms with Crippen molar-refractivity contribution in [2.45, 2.75) is 57.9 Å². The number of rotatable bonds is 4. The van der Waals surface area contributed by atoms with Gasteiger partial charge in [-0.25, -0.2) is 13.5 Å². The molecule has 2 aromatic carbocycles. The average molecular weight is 541 g/mol. The summed E-state index contributed by atoms with van der Waals surface area (Å²) in [4.78, 5) is 18.1. The molecule has 38 heavy (non-hydrogen) atoms. The SMILES string of the molecule is Cc1cc(C2CCN(C(=O)[C@@H]3CN(C(C)(C)C)C[C@H]3c3ccc(F)cc3F)CC2)n(-c2ccccc2Cl)n1. The van der Waals surface area contributed by atoms with E-state index in [2.05, 4.69) is 31.7 Å². The van der Waals surface area contributed by atoms with E-state index in [0.29, 0.717) is 36.8 Å². The summed E-state index contributed by atoms with van der Waals surface area (Å²) in [5.41, 5.74) is 3.15. The average Bonchev–Trinajstić information content (AvgIpc) is 3.48. The van der Waals surface area contributed by atoms with E-state index in [0.717, 1.165) is 36.0 Å². The number of carbonyl (C=O) groups is 1. The molecule has 1 aromatic heterocycles. The van der Waals surface area contributed by atoms with Gasteiger partial charge in [0.15, 0.2) is 0 Å². The van der Waals surface area contributed by atoms with Crippen LogP contribution in [-0.4, -0.2) is 57.2 Å². The zero-order valence-electron chi connectivity index (χ0n) is 22.4. The second-order valence-corrected chi connectivity index (χ2v) is 12.0. The number of carbonyl (C=O) groups excluding carboxylic acids is 1. The van der Waals surface area contributed by atoms with Crippen molar-refractivity contribution in [1.82, 2.24) is 19.6 Å². The first kappa shape index (κ1) is 26.8. The molecule has 5 rings (SSSR count). The molecule has 2 atom stereocenters. The highest BCUT2D eigenvalue weighted by Crippen LogP contribution is 2.40. The van der Waals surface area contributed by atoms with Gasteiger partial charge in [0.2, 0.25) is 5.91 Å². The minimum atomic E-state index is -0.604. The number of hydrogen-bond acceptors (Lipinski definition) is 3. The Hall–Kier alpha value is -2.77. The Bertz CT molecular complexity index is 1330. The number of halogens is 3. The number of hydrogen-bond donors (Lipinski definition) is 0. The van der Waals surface area contributed by atoms with Gasteiger partial charge < -0.3 is 4.90 Å². The topological polar surface area (TPSA) is 41.4 Å². The van der Waals surface area contributed by atoms with E-state index in [1.165, 1.54) is 12.1 Å². The fourth-order valence-corrected chi connectivity index (χ4v) is 6.19. The molecule has 0 bridgehead atoms. The predicted octanol–water partition coefficient (Wildman–Crippen LogP) is 6.33. The Morgan fingerprint density at radius 3 is 2.39 bits per heavy atom. The van der Waals surface area contributed by atoms with Crippen molar-refractivity contribution in [3.63, 3.8) is 0 Å². The summed E-state index contributed by atoms with van der Waals surface area (Å²) in [6.45, 7) is 10.7. The van der Waals surface area contributed by atoms with Gasteiger partial charge in [-0.2, -0.15) is 5.10 Å². The van der Waals surface area contributed by atoms with Crippen molar-refractivity contribution in [2.75, 3.05) is 26.2 Å². The number of piperidine rings is 1. The van der Waals surface area contributed by atoms with Crippen molar-refractivity contribution in [1.29, 1.82) is 0 Å². The highest BCUT2D eigenvalue weighted by molar-refractivity contribution is 6.32. The van der Waals surface area contributed by atoms with Gasteiger partial charge in [-0.05, 0) is 70.4 Å². The van der Waals surface area contributed by atoms with E-state index in [-0.39, 0.29) is 29.2 Å². The lowest BCUT2D eigenvalue weighted by molar-refractivity contribution is -0.136. The number of aromatic nitrogens is 2. The number of likely N-dealkylation sites (tertiary alicyclic amines) is 2. The minimum Gasteiger partial charge on any atom is -0.342 e. The van der Waals surface area contributed by atoms with Gasteiger partial charge in [-0.15, -0.1) is 0 Å². The molecule has 0 saturated carbocycles. The van der Waals surface area contributed by atoms with Crippen LogP contribution in [-0.2, 0) is 4.79 Å². The van der Waals surface area contributed by atoms with Crippen LogP contribution in [0.3, 0.4) is 0 Å². The van der Waals surface area contributed by atoms with E-state index in [1.807, 2.05) is 40.8 Å². The molecule has 2 fully saturated rings. The molecule has 3 aromatic rings. The first-order chi connectivity index (χ1) is 18.0. The number of benzene rings is 2. The molecular weight excluding hydrogens is 506 g/mol. The molecule has 0 aliphatic carbocycles. The third kappa shape index (κ3) is 5.23. The van der Waals surface area contributed by atoms with Crippen LogP contribution in [0, 0.1) is 24.5 Å². The zero-order valence-corrected chi connectivity index (χ0v) is 23.2. The van der Waals surface area contributed by atoms with Crippen LogP contribution in [0.2, 0.25) is 5.02 Å². The lowest BCUT2D eigenvalue weighted by Gasteiger charge is -2.35. The summed E-state index contributed by atoms with van der Waals surface area (Å²) in [7, 11) is 0. The number of aryl methyl sites for hydroxylation is 1. The summed E-state index contributed by atoms with van der Waals surface area (Å²) >= 11 is 6.48. The summed E-state index contributed by atoms with van der Waals surface area (Å²) in [5, 5.41) is 5.35. The van der Waals surface area contributed by atoms with Crippen molar-refractivity contribution < 1.29 is 13.6 Å². The number of amides is 1. The van der Waals surface area contributed by atoms with E-state index in [4.69, 9.17) is 16.7 Å². The van der Waals surface area contributed by atoms with Crippen LogP contribution >= 0.6 is 11.6 Å². The van der Waals surface area contributed by atoms with Gasteiger partial charge in [0.05, 0.1) is 22.3 Å². The van der Waals surface area contributed by atoms with Crippen LogP contribution in [0.15, 0.2) is 48.5 Å². The molecule has 0 unspecified atom stereocenters. The summed E-state index contributed by atoms with van der Waals surface area (Å²) < 4.78 is 30.4. The molecule has 3 heterocycles. The van der Waals surface area contributed by atoms with Crippen LogP contribution < -0.4 is 0 Å². The Morgan fingerprint density at radius 1 is 1.03 bits per heavy atom. The van der Waals surface area contributed by atoms with Crippen LogP contribution in [0.4, 0.5) is 8.78 Å². The third-order valence-corrected chi connectivity index (χ3v) is 8.43. The van der Waals surface area contributed by atoms with E-state index >= 15 is 0 Å². The van der Waals surface area contributed by atoms with Crippen molar-refractivity contribution >= 4 is 17.5 Å². The lowest BCUT2D eigenvalue weighted by Crippen LogP contribution is -2.44. The van der Waals surface area contributed by atoms with E-state index < -0.39 is 11.6 Å². The molecule has 2 saturated heterocycles. The fraction of sp³-hybridized carbons (Fsp3) is 0.467. The van der Waals surface area contributed by atoms with E-state index in [1.54, 1.807) is 0 Å². The van der Waals surface area contributed by atoms with Gasteiger partial charge in [0.1, 0.15) is 11.6 Å². The summed E-state index contributed by atoms with van der Waals surface area (Å²) in [5.74, 6) is -1.57. The maximum absolute atomic E-state index is 14.9. The summed E-state index contributed by atoms with van der Waals surface area (Å²) in [6.07, 6.45) is 1.62. The molecule has 8 heteroatoms. The maximum Gasteiger partial charge on any atom is 0.227 e. The molecule has 1 amide bonds. The largest absolute Gasteiger partial charge is 0.342 e. The van der Waals surface area contributed by atoms with Crippen LogP contribution in [0.1, 0.15) is 62.4 Å². The number of para-hydroxylation sites is 1. The Balaban J connectivity index is 1.34. The van der Waals surface area contributed by atoms with Gasteiger partial charge in [0.25, 0.3) is 0 Å². The Morgan fingerprint density at radius 2 is 1.74 bits per heavy atom. The molecule has 0 N–H and O–H groups in total. The molecule has 0 spiro atoms. The first-order valence-electron chi connectivity index (χ1n) is 13.3. The molecular formula is C30H35ClF2N4O. The summed E-state index contributed by atoms with van der Waals surface area (Å²) in [6, 6.07) is 13.5. The van der Waals surface area contributed by atoms with Gasteiger partial charge in [0, 0.05) is 55.3 Å². The third-order valence-electron chi connectivity index (χ3n) is 8.11. The van der Waals surface area contributed by atoms with Gasteiger partial charge in [-0.1, -0.05) is 29.8 Å². The molecule has 5 nitrogen and oxygen atoms in total. The van der Waals surface area contributed by atoms with Gasteiger partial charge >= 0.3 is 0 Å². The van der Waals surface area contributed by atoms with Crippen molar-refractivity contribution in [3.8, 4) is 5.69 Å². The smallest absolute Gasteiger partial charge is 0.227 e. The lowest BCUT2D eigenvalue weighted by atomic mass is 9.86. The predicted molar refractivity (Wildman–Crippen MR) is 146 cm³/mol. The minimum absolute atomic E-state index is 0.0553. The molecule has 202 valence electrons. The van der Waals surface area contributed by atoms with Gasteiger partial charge in [-0.3, -0.25) is 9.69 Å². The molecule has 2 aliphatic heterocycles. The van der Waals surface area contributed by atoms with Crippen LogP contribution in [0.5, 0.6) is 0 Å². The second kappa shape index (κ2) is 10.4. The molecule has 2 aliphatic rings. The monoisotopic (exact) mass is 540 g/mol. The highest BCUT2D eigenvalue weighted by atomic mass is 35.5. The van der Waals surface area contributed by atoms with Crippen molar-refractivity contribution in [3.05, 3.63) is 82.1 Å². The fourth-order valence-electron chi connectivity index (χ4n) is 5.98. The Labute approximate surface area is 228 Å². The first-order valence-corrected chi connectivity index (χ1v) is 13.7. The Kier molecular flexibility index (Phi) is 7.35. The maximum atomic E-state index is 14.9. The van der Waals surface area contributed by atoms with Crippen molar-refractivity contribution in [2.24, 2.45) is 5.92 Å². The standard InChI is InChI=1S/C30H35ClF2N4O/c1-19-15-28(37(34-19)27-8-6-5-7-25(27)31)20-11-13-35(14-12-20)29(38)24-18-36(30(2,3)4)17-23(24)22-10-9-21(32)16-26(22)33/h5-10,15-16,20,23-24H,11-14,17-18H2,1-4H3/t23-,24+/m0/s1. The number of nitrogens with zero attached hydrogens (tertiary/aromatic N) is 4. The normalized spacial score (nSPS) is 21.3. The molecule has 0 radical (unpaired) electrons. The zero-order chi connectivity index (χ0) is 27.2. The highest BCUT2D eigenvalue weighted by Gasteiger charge is 2.44. The quantitative estimate of drug-likeness (QED) is 0.388.